The molecule has 2 amide bonds. The van der Waals surface area contributed by atoms with Gasteiger partial charge in [0.25, 0.3) is 0 Å². The van der Waals surface area contributed by atoms with E-state index in [0.717, 1.165) is 26.2 Å². The third-order valence-electron chi connectivity index (χ3n) is 5.07. The lowest BCUT2D eigenvalue weighted by molar-refractivity contribution is -0.962. The van der Waals surface area contributed by atoms with Crippen LogP contribution in [-0.4, -0.2) is 53.8 Å². The van der Waals surface area contributed by atoms with Gasteiger partial charge in [0.1, 0.15) is 19.6 Å². The lowest BCUT2D eigenvalue weighted by atomic mass is 10.2. The lowest BCUT2D eigenvalue weighted by Gasteiger charge is -2.34. The number of carbonyl (C=O) groups excluding carboxylic acids is 1. The monoisotopic (exact) mass is 347 g/mol. The summed E-state index contributed by atoms with van der Waals surface area (Å²) in [5.41, 5.74) is 4.52. The van der Waals surface area contributed by atoms with Crippen LogP contribution in [0.15, 0.2) is 30.3 Å². The first kappa shape index (κ1) is 19.7. The Bertz CT molecular complexity index is 516. The van der Waals surface area contributed by atoms with E-state index in [2.05, 4.69) is 67.6 Å². The van der Waals surface area contributed by atoms with Gasteiger partial charge in [0.05, 0.1) is 0 Å². The third kappa shape index (κ3) is 6.01. The smallest absolute Gasteiger partial charge is 0.333 e. The normalized spacial score (nSPS) is 16.6. The highest BCUT2D eigenvalue weighted by atomic mass is 16.2. The molecule has 1 aromatic carbocycles. The first-order valence-corrected chi connectivity index (χ1v) is 9.64. The second-order valence-corrected chi connectivity index (χ2v) is 7.74. The molecule has 0 bridgehead atoms. The van der Waals surface area contributed by atoms with Crippen molar-refractivity contribution >= 4 is 6.03 Å². The van der Waals surface area contributed by atoms with Crippen LogP contribution < -0.4 is 10.7 Å². The van der Waals surface area contributed by atoms with E-state index >= 15 is 0 Å². The number of likely N-dealkylation sites (tertiary alicyclic amines) is 1. The molecule has 2 rings (SSSR count). The van der Waals surface area contributed by atoms with Gasteiger partial charge in [-0.15, -0.1) is 0 Å². The lowest BCUT2D eigenvalue weighted by Crippen LogP contribution is -2.60. The van der Waals surface area contributed by atoms with Gasteiger partial charge in [0.15, 0.2) is 0 Å². The molecule has 1 fully saturated rings. The minimum atomic E-state index is -0.0507. The number of nitrogens with one attached hydrogen (secondary N) is 2. The number of benzene rings is 1. The molecule has 140 valence electrons. The summed E-state index contributed by atoms with van der Waals surface area (Å²) in [4.78, 5) is 14.9. The molecule has 25 heavy (non-hydrogen) atoms. The predicted octanol–water partition coefficient (Wildman–Crippen LogP) is 3.13. The van der Waals surface area contributed by atoms with Gasteiger partial charge in [-0.3, -0.25) is 4.90 Å². The Kier molecular flexibility index (Phi) is 7.26. The largest absolute Gasteiger partial charge is 0.359 e. The summed E-state index contributed by atoms with van der Waals surface area (Å²) >= 11 is 0. The van der Waals surface area contributed by atoms with Crippen molar-refractivity contribution in [2.45, 2.75) is 59.2 Å². The zero-order chi connectivity index (χ0) is 18.3. The van der Waals surface area contributed by atoms with E-state index < -0.39 is 0 Å². The van der Waals surface area contributed by atoms with Crippen molar-refractivity contribution in [3.05, 3.63) is 35.9 Å². The number of urea groups is 1. The van der Waals surface area contributed by atoms with Crippen LogP contribution in [0.2, 0.25) is 0 Å². The van der Waals surface area contributed by atoms with E-state index in [0.29, 0.717) is 23.2 Å². The Morgan fingerprint density at radius 2 is 1.68 bits per heavy atom. The van der Waals surface area contributed by atoms with E-state index in [9.17, 15) is 4.79 Å². The third-order valence-corrected chi connectivity index (χ3v) is 5.07. The topological polar surface area (TPSA) is 44.4 Å². The molecule has 2 N–H and O–H groups in total. The van der Waals surface area contributed by atoms with Gasteiger partial charge in [0, 0.05) is 43.6 Å². The predicted molar refractivity (Wildman–Crippen MR) is 103 cm³/mol. The van der Waals surface area contributed by atoms with Crippen LogP contribution in [0.25, 0.3) is 0 Å². The maximum absolute atomic E-state index is 12.5. The van der Waals surface area contributed by atoms with Crippen LogP contribution in [0.1, 0.15) is 46.1 Å². The van der Waals surface area contributed by atoms with Crippen LogP contribution in [-0.2, 0) is 6.54 Å². The highest BCUT2D eigenvalue weighted by Crippen LogP contribution is 2.20. The molecular formula is C20H35N4O+. The summed E-state index contributed by atoms with van der Waals surface area (Å²) in [5, 5.41) is 3.05. The van der Waals surface area contributed by atoms with Gasteiger partial charge in [-0.2, -0.15) is 5.43 Å². The molecule has 1 saturated heterocycles. The summed E-state index contributed by atoms with van der Waals surface area (Å²) in [5.74, 6) is 0. The van der Waals surface area contributed by atoms with E-state index in [1.54, 1.807) is 0 Å². The number of hydrogen-bond donors (Lipinski definition) is 2. The number of carbonyl (C=O) groups is 1. The summed E-state index contributed by atoms with van der Waals surface area (Å²) in [6.45, 7) is 13.2. The molecule has 5 heteroatoms. The van der Waals surface area contributed by atoms with Gasteiger partial charge in [0.2, 0.25) is 0 Å². The molecule has 1 aliphatic rings. The summed E-state index contributed by atoms with van der Waals surface area (Å²) < 4.78 is 0.661. The first-order valence-electron chi connectivity index (χ1n) is 9.64. The molecule has 0 atom stereocenters. The molecule has 0 aliphatic carbocycles. The molecule has 5 nitrogen and oxygen atoms in total. The van der Waals surface area contributed by atoms with Crippen molar-refractivity contribution in [2.24, 2.45) is 0 Å². The quantitative estimate of drug-likeness (QED) is 0.710. The Morgan fingerprint density at radius 3 is 2.24 bits per heavy atom. The molecule has 0 spiro atoms. The Balaban J connectivity index is 1.86. The molecular weight excluding hydrogens is 312 g/mol. The SMILES string of the molecule is CC(C)N(CCNC(=O)N[N+]1(Cc2ccccc2)CCCC1)C(C)C. The Labute approximate surface area is 152 Å². The van der Waals surface area contributed by atoms with Crippen LogP contribution in [0.4, 0.5) is 4.79 Å². The maximum Gasteiger partial charge on any atom is 0.359 e. The van der Waals surface area contributed by atoms with Gasteiger partial charge in [-0.1, -0.05) is 30.3 Å². The average Bonchev–Trinajstić information content (AvgIpc) is 2.99. The molecule has 0 radical (unpaired) electrons. The maximum atomic E-state index is 12.5. The van der Waals surface area contributed by atoms with Crippen molar-refractivity contribution in [1.82, 2.24) is 15.6 Å². The minimum absolute atomic E-state index is 0.0507. The van der Waals surface area contributed by atoms with Crippen molar-refractivity contribution in [3.63, 3.8) is 0 Å². The second-order valence-electron chi connectivity index (χ2n) is 7.74. The van der Waals surface area contributed by atoms with E-state index in [1.165, 1.54) is 18.4 Å². The van der Waals surface area contributed by atoms with Crippen molar-refractivity contribution in [2.75, 3.05) is 26.2 Å². The van der Waals surface area contributed by atoms with Crippen molar-refractivity contribution in [1.29, 1.82) is 0 Å². The van der Waals surface area contributed by atoms with E-state index in [1.807, 2.05) is 6.07 Å². The van der Waals surface area contributed by atoms with E-state index in [-0.39, 0.29) is 6.03 Å². The standard InChI is InChI=1S/C20H34N4O/c1-17(2)23(18(3)4)13-12-21-20(25)22-24(14-8-9-15-24)16-19-10-6-5-7-11-19/h5-7,10-11,17-18H,8-9,12-16H2,1-4H3,(H-,21,22,25)/p+1. The second kappa shape index (κ2) is 9.20. The summed E-state index contributed by atoms with van der Waals surface area (Å²) in [6, 6.07) is 11.4. The van der Waals surface area contributed by atoms with Crippen LogP contribution >= 0.6 is 0 Å². The molecule has 1 aliphatic heterocycles. The van der Waals surface area contributed by atoms with Gasteiger partial charge in [-0.05, 0) is 27.7 Å². The fourth-order valence-electron chi connectivity index (χ4n) is 3.85. The molecule has 0 saturated carbocycles. The highest BCUT2D eigenvalue weighted by Gasteiger charge is 2.34. The summed E-state index contributed by atoms with van der Waals surface area (Å²) in [6.07, 6.45) is 2.34. The molecule has 0 unspecified atom stereocenters. The molecule has 1 heterocycles. The highest BCUT2D eigenvalue weighted by molar-refractivity contribution is 5.72. The Hall–Kier alpha value is -1.59. The van der Waals surface area contributed by atoms with E-state index in [4.69, 9.17) is 0 Å². The zero-order valence-corrected chi connectivity index (χ0v) is 16.3. The van der Waals surface area contributed by atoms with Gasteiger partial charge in [-0.25, -0.2) is 9.39 Å². The van der Waals surface area contributed by atoms with Gasteiger partial charge >= 0.3 is 6.03 Å². The van der Waals surface area contributed by atoms with Crippen LogP contribution in [0.3, 0.4) is 0 Å². The summed E-state index contributed by atoms with van der Waals surface area (Å²) in [7, 11) is 0. The average molecular weight is 348 g/mol. The molecule has 0 aromatic heterocycles. The number of nitrogens with zero attached hydrogens (tertiary/aromatic N) is 2. The van der Waals surface area contributed by atoms with Crippen molar-refractivity contribution < 1.29 is 9.39 Å². The molecule has 1 aromatic rings. The number of amides is 2. The van der Waals surface area contributed by atoms with Crippen LogP contribution in [0, 0.1) is 0 Å². The zero-order valence-electron chi connectivity index (χ0n) is 16.3. The first-order chi connectivity index (χ1) is 11.9. The number of hydrogen-bond acceptors (Lipinski definition) is 2. The minimum Gasteiger partial charge on any atom is -0.333 e. The van der Waals surface area contributed by atoms with Crippen molar-refractivity contribution in [3.8, 4) is 0 Å². The number of rotatable bonds is 8. The number of quaternary nitrogens is 1. The fourth-order valence-corrected chi connectivity index (χ4v) is 3.85. The fraction of sp³-hybridized carbons (Fsp3) is 0.650. The van der Waals surface area contributed by atoms with Gasteiger partial charge < -0.3 is 5.32 Å². The van der Waals surface area contributed by atoms with Crippen LogP contribution in [0.5, 0.6) is 0 Å². The Morgan fingerprint density at radius 1 is 1.08 bits per heavy atom.